The Bertz CT molecular complexity index is 631. The molecule has 0 aliphatic carbocycles. The largest absolute Gasteiger partial charge is 0.340 e. The van der Waals surface area contributed by atoms with Crippen molar-refractivity contribution in [3.8, 4) is 0 Å². The molecule has 0 aromatic heterocycles. The van der Waals surface area contributed by atoms with Gasteiger partial charge in [0.05, 0.1) is 0 Å². The molecule has 21 heavy (non-hydrogen) atoms. The van der Waals surface area contributed by atoms with E-state index >= 15 is 0 Å². The number of nitrogens with two attached hydrogens (primary N) is 1. The van der Waals surface area contributed by atoms with Gasteiger partial charge >= 0.3 is 0 Å². The molecule has 5 heteroatoms. The van der Waals surface area contributed by atoms with Crippen LogP contribution in [0, 0.1) is 11.6 Å². The number of likely N-dealkylation sites (N-methyl/N-ethyl adjacent to an activating group) is 1. The predicted octanol–water partition coefficient (Wildman–Crippen LogP) is 2.62. The third kappa shape index (κ3) is 3.64. The van der Waals surface area contributed by atoms with Crippen molar-refractivity contribution in [2.45, 2.75) is 12.6 Å². The van der Waals surface area contributed by atoms with E-state index in [2.05, 4.69) is 0 Å². The second kappa shape index (κ2) is 6.45. The van der Waals surface area contributed by atoms with Gasteiger partial charge in [-0.2, -0.15) is 0 Å². The number of hydrogen-bond donors (Lipinski definition) is 1. The number of hydrogen-bond acceptors (Lipinski definition) is 2. The fourth-order valence-electron chi connectivity index (χ4n) is 2.03. The van der Waals surface area contributed by atoms with Crippen LogP contribution in [-0.2, 0) is 11.3 Å². The van der Waals surface area contributed by atoms with E-state index in [4.69, 9.17) is 5.73 Å². The number of halogens is 2. The van der Waals surface area contributed by atoms with Crippen LogP contribution in [0.25, 0.3) is 0 Å². The molecule has 0 fully saturated rings. The van der Waals surface area contributed by atoms with Crippen LogP contribution in [0.5, 0.6) is 0 Å². The van der Waals surface area contributed by atoms with Crippen molar-refractivity contribution in [1.29, 1.82) is 0 Å². The van der Waals surface area contributed by atoms with Gasteiger partial charge in [-0.05, 0) is 23.3 Å². The number of carbonyl (C=O) groups is 1. The summed E-state index contributed by atoms with van der Waals surface area (Å²) < 4.78 is 26.0. The van der Waals surface area contributed by atoms with Gasteiger partial charge in [-0.25, -0.2) is 8.78 Å². The molecule has 0 unspecified atom stereocenters. The third-order valence-corrected chi connectivity index (χ3v) is 3.20. The van der Waals surface area contributed by atoms with Crippen molar-refractivity contribution >= 4 is 5.91 Å². The molecule has 2 N–H and O–H groups in total. The Kier molecular flexibility index (Phi) is 4.65. The number of carbonyl (C=O) groups excluding carboxylic acids is 1. The molecule has 0 spiro atoms. The molecule has 0 aliphatic rings. The number of benzene rings is 2. The van der Waals surface area contributed by atoms with Crippen LogP contribution in [0.2, 0.25) is 0 Å². The van der Waals surface area contributed by atoms with Gasteiger partial charge in [0, 0.05) is 13.6 Å². The molecule has 0 saturated heterocycles. The Balaban J connectivity index is 2.07. The number of amides is 1. The van der Waals surface area contributed by atoms with E-state index in [1.165, 1.54) is 11.0 Å². The normalized spacial score (nSPS) is 12.0. The van der Waals surface area contributed by atoms with Crippen molar-refractivity contribution in [2.75, 3.05) is 7.05 Å². The van der Waals surface area contributed by atoms with Crippen molar-refractivity contribution in [3.63, 3.8) is 0 Å². The Morgan fingerprint density at radius 2 is 1.81 bits per heavy atom. The van der Waals surface area contributed by atoms with Crippen LogP contribution >= 0.6 is 0 Å². The SMILES string of the molecule is CN(Cc1ccc(F)c(F)c1)C(=O)[C@H](N)c1ccccc1. The van der Waals surface area contributed by atoms with Crippen molar-refractivity contribution in [2.24, 2.45) is 5.73 Å². The van der Waals surface area contributed by atoms with Gasteiger partial charge in [0.2, 0.25) is 5.91 Å². The van der Waals surface area contributed by atoms with E-state index < -0.39 is 17.7 Å². The summed E-state index contributed by atoms with van der Waals surface area (Å²) in [5, 5.41) is 0. The maximum atomic E-state index is 13.2. The molecule has 3 nitrogen and oxygen atoms in total. The fourth-order valence-corrected chi connectivity index (χ4v) is 2.03. The lowest BCUT2D eigenvalue weighted by Crippen LogP contribution is -2.35. The summed E-state index contributed by atoms with van der Waals surface area (Å²) in [6.07, 6.45) is 0. The van der Waals surface area contributed by atoms with Gasteiger partial charge < -0.3 is 10.6 Å². The van der Waals surface area contributed by atoms with Gasteiger partial charge in [-0.3, -0.25) is 4.79 Å². The first-order chi connectivity index (χ1) is 9.99. The topological polar surface area (TPSA) is 46.3 Å². The van der Waals surface area contributed by atoms with E-state index in [1.54, 1.807) is 31.3 Å². The monoisotopic (exact) mass is 290 g/mol. The van der Waals surface area contributed by atoms with E-state index in [0.29, 0.717) is 11.1 Å². The van der Waals surface area contributed by atoms with Crippen LogP contribution in [0.4, 0.5) is 8.78 Å². The molecule has 0 saturated carbocycles. The summed E-state index contributed by atoms with van der Waals surface area (Å²) in [6.45, 7) is 0.163. The standard InChI is InChI=1S/C16H16F2N2O/c1-20(10-11-7-8-13(17)14(18)9-11)16(21)15(19)12-5-3-2-4-6-12/h2-9,15H,10,19H2,1H3/t15-/m1/s1. The van der Waals surface area contributed by atoms with Crippen molar-refractivity contribution in [1.82, 2.24) is 4.90 Å². The highest BCUT2D eigenvalue weighted by atomic mass is 19.2. The lowest BCUT2D eigenvalue weighted by Gasteiger charge is -2.21. The van der Waals surface area contributed by atoms with Crippen LogP contribution in [0.3, 0.4) is 0 Å². The second-order valence-electron chi connectivity index (χ2n) is 4.83. The zero-order valence-electron chi connectivity index (χ0n) is 11.6. The molecule has 2 aromatic rings. The zero-order valence-corrected chi connectivity index (χ0v) is 11.6. The smallest absolute Gasteiger partial charge is 0.244 e. The molecule has 2 aromatic carbocycles. The fraction of sp³-hybridized carbons (Fsp3) is 0.188. The molecule has 0 bridgehead atoms. The maximum Gasteiger partial charge on any atom is 0.244 e. The first-order valence-corrected chi connectivity index (χ1v) is 6.48. The minimum atomic E-state index is -0.930. The van der Waals surface area contributed by atoms with Gasteiger partial charge in [-0.15, -0.1) is 0 Å². The summed E-state index contributed by atoms with van der Waals surface area (Å²) in [5.74, 6) is -2.12. The maximum absolute atomic E-state index is 13.2. The van der Waals surface area contributed by atoms with Gasteiger partial charge in [-0.1, -0.05) is 36.4 Å². The Morgan fingerprint density at radius 3 is 2.43 bits per heavy atom. The second-order valence-corrected chi connectivity index (χ2v) is 4.83. The third-order valence-electron chi connectivity index (χ3n) is 3.20. The molecule has 110 valence electrons. The number of rotatable bonds is 4. The Morgan fingerprint density at radius 1 is 1.14 bits per heavy atom. The average molecular weight is 290 g/mol. The summed E-state index contributed by atoms with van der Waals surface area (Å²) in [6, 6.07) is 11.8. The van der Waals surface area contributed by atoms with Crippen molar-refractivity contribution < 1.29 is 13.6 Å². The van der Waals surface area contributed by atoms with Crippen LogP contribution in [-0.4, -0.2) is 17.9 Å². The highest BCUT2D eigenvalue weighted by molar-refractivity contribution is 5.82. The summed E-state index contributed by atoms with van der Waals surface area (Å²) in [7, 11) is 1.58. The van der Waals surface area contributed by atoms with E-state index in [9.17, 15) is 13.6 Å². The molecule has 2 rings (SSSR count). The lowest BCUT2D eigenvalue weighted by molar-refractivity contribution is -0.131. The summed E-state index contributed by atoms with van der Waals surface area (Å²) >= 11 is 0. The molecule has 0 aliphatic heterocycles. The summed E-state index contributed by atoms with van der Waals surface area (Å²) in [5.41, 5.74) is 7.13. The molecule has 1 amide bonds. The van der Waals surface area contributed by atoms with Gasteiger partial charge in [0.25, 0.3) is 0 Å². The predicted molar refractivity (Wildman–Crippen MR) is 76.2 cm³/mol. The first-order valence-electron chi connectivity index (χ1n) is 6.48. The molecular formula is C16H16F2N2O. The van der Waals surface area contributed by atoms with Crippen LogP contribution < -0.4 is 5.73 Å². The quantitative estimate of drug-likeness (QED) is 0.941. The molecule has 0 radical (unpaired) electrons. The van der Waals surface area contributed by atoms with E-state index in [1.807, 2.05) is 6.07 Å². The Labute approximate surface area is 122 Å². The first kappa shape index (κ1) is 15.1. The minimum Gasteiger partial charge on any atom is -0.340 e. The lowest BCUT2D eigenvalue weighted by atomic mass is 10.1. The van der Waals surface area contributed by atoms with Crippen molar-refractivity contribution in [3.05, 3.63) is 71.3 Å². The van der Waals surface area contributed by atoms with Gasteiger partial charge in [0.1, 0.15) is 6.04 Å². The average Bonchev–Trinajstić information content (AvgIpc) is 2.50. The minimum absolute atomic E-state index is 0.163. The summed E-state index contributed by atoms with van der Waals surface area (Å²) in [4.78, 5) is 13.6. The highest BCUT2D eigenvalue weighted by Gasteiger charge is 2.20. The van der Waals surface area contributed by atoms with Crippen LogP contribution in [0.15, 0.2) is 48.5 Å². The van der Waals surface area contributed by atoms with E-state index in [-0.39, 0.29) is 12.5 Å². The molecule has 0 heterocycles. The number of nitrogens with zero attached hydrogens (tertiary/aromatic N) is 1. The zero-order chi connectivity index (χ0) is 15.4. The molecule has 1 atom stereocenters. The molecular weight excluding hydrogens is 274 g/mol. The van der Waals surface area contributed by atoms with E-state index in [0.717, 1.165) is 12.1 Å². The van der Waals surface area contributed by atoms with Crippen LogP contribution in [0.1, 0.15) is 17.2 Å². The highest BCUT2D eigenvalue weighted by Crippen LogP contribution is 2.15. The Hall–Kier alpha value is -2.27. The van der Waals surface area contributed by atoms with Gasteiger partial charge in [0.15, 0.2) is 11.6 Å².